The quantitative estimate of drug-likeness (QED) is 0.273. The number of imide groups is 1. The minimum absolute atomic E-state index is 0.0398. The van der Waals surface area contributed by atoms with Crippen LogP contribution in [0, 0.1) is 23.7 Å². The Balaban J connectivity index is 0.918. The van der Waals surface area contributed by atoms with E-state index in [2.05, 4.69) is 34.4 Å². The first-order chi connectivity index (χ1) is 24.2. The van der Waals surface area contributed by atoms with Crippen molar-refractivity contribution in [2.45, 2.75) is 76.4 Å². The van der Waals surface area contributed by atoms with Gasteiger partial charge in [0.25, 0.3) is 11.8 Å². The molecule has 11 heteroatoms. The number of carbonyl (C=O) groups excluding carboxylic acids is 5. The second-order valence-corrected chi connectivity index (χ2v) is 14.3. The Bertz CT molecular complexity index is 1660. The lowest BCUT2D eigenvalue weighted by atomic mass is 9.91. The molecule has 2 aromatic rings. The van der Waals surface area contributed by atoms with Gasteiger partial charge in [-0.15, -0.1) is 0 Å². The number of piperidine rings is 3. The van der Waals surface area contributed by atoms with Gasteiger partial charge in [0.2, 0.25) is 17.7 Å². The summed E-state index contributed by atoms with van der Waals surface area (Å²) in [6.45, 7) is 4.49. The van der Waals surface area contributed by atoms with Crippen molar-refractivity contribution in [3.8, 4) is 11.8 Å². The van der Waals surface area contributed by atoms with Gasteiger partial charge in [0.15, 0.2) is 0 Å². The molecule has 264 valence electrons. The Labute approximate surface area is 294 Å². The summed E-state index contributed by atoms with van der Waals surface area (Å²) in [5.74, 6) is 6.50. The van der Waals surface area contributed by atoms with Gasteiger partial charge in [-0.25, -0.2) is 0 Å². The lowest BCUT2D eigenvalue weighted by molar-refractivity contribution is -0.137. The van der Waals surface area contributed by atoms with Crippen molar-refractivity contribution < 1.29 is 24.0 Å². The molecule has 2 aromatic carbocycles. The summed E-state index contributed by atoms with van der Waals surface area (Å²) in [5.41, 5.74) is 10.1. The zero-order valence-corrected chi connectivity index (χ0v) is 28.9. The van der Waals surface area contributed by atoms with Crippen LogP contribution in [-0.4, -0.2) is 96.1 Å². The van der Waals surface area contributed by atoms with Crippen LogP contribution in [0.1, 0.15) is 88.8 Å². The zero-order chi connectivity index (χ0) is 35.2. The first-order valence-electron chi connectivity index (χ1n) is 18.0. The van der Waals surface area contributed by atoms with Gasteiger partial charge in [-0.2, -0.15) is 0 Å². The average molecular weight is 681 g/mol. The van der Waals surface area contributed by atoms with E-state index < -0.39 is 18.0 Å². The monoisotopic (exact) mass is 680 g/mol. The number of nitrogens with zero attached hydrogens (tertiary/aromatic N) is 3. The third kappa shape index (κ3) is 8.42. The number of amides is 5. The molecule has 0 aromatic heterocycles. The molecule has 11 nitrogen and oxygen atoms in total. The predicted molar refractivity (Wildman–Crippen MR) is 189 cm³/mol. The number of hydrogen-bond acceptors (Lipinski definition) is 7. The van der Waals surface area contributed by atoms with Crippen molar-refractivity contribution in [1.29, 1.82) is 0 Å². The fourth-order valence-electron chi connectivity index (χ4n) is 7.55. The van der Waals surface area contributed by atoms with E-state index in [0.29, 0.717) is 68.4 Å². The molecule has 4 heterocycles. The summed E-state index contributed by atoms with van der Waals surface area (Å²) in [6.07, 6.45) is 6.61. The van der Waals surface area contributed by atoms with E-state index in [0.717, 1.165) is 61.9 Å². The molecule has 4 N–H and O–H groups in total. The lowest BCUT2D eigenvalue weighted by Crippen LogP contribution is -2.52. The minimum atomic E-state index is -0.648. The molecule has 50 heavy (non-hydrogen) atoms. The minimum Gasteiger partial charge on any atom is -0.352 e. The highest BCUT2D eigenvalue weighted by Gasteiger charge is 2.39. The van der Waals surface area contributed by atoms with Gasteiger partial charge in [-0.3, -0.25) is 29.3 Å². The maximum Gasteiger partial charge on any atom is 0.255 e. The maximum atomic E-state index is 13.2. The van der Waals surface area contributed by atoms with Crippen molar-refractivity contribution in [2.24, 2.45) is 17.6 Å². The molecule has 5 amide bonds. The molecule has 0 bridgehead atoms. The fraction of sp³-hybridized carbons (Fsp3) is 0.513. The largest absolute Gasteiger partial charge is 0.352 e. The molecule has 0 saturated carbocycles. The van der Waals surface area contributed by atoms with Crippen molar-refractivity contribution in [3.63, 3.8) is 0 Å². The average Bonchev–Trinajstić information content (AvgIpc) is 3.46. The first-order valence-corrected chi connectivity index (χ1v) is 18.0. The van der Waals surface area contributed by atoms with Gasteiger partial charge in [-0.1, -0.05) is 30.0 Å². The molecule has 0 spiro atoms. The Morgan fingerprint density at radius 2 is 1.68 bits per heavy atom. The molecular weight excluding hydrogens is 632 g/mol. The van der Waals surface area contributed by atoms with Crippen LogP contribution in [0.3, 0.4) is 0 Å². The Morgan fingerprint density at radius 3 is 2.40 bits per heavy atom. The van der Waals surface area contributed by atoms with Gasteiger partial charge >= 0.3 is 0 Å². The highest BCUT2D eigenvalue weighted by atomic mass is 16.2. The predicted octanol–water partition coefficient (Wildman–Crippen LogP) is 2.46. The third-order valence-electron chi connectivity index (χ3n) is 10.8. The Kier molecular flexibility index (Phi) is 11.3. The molecule has 2 atom stereocenters. The number of likely N-dealkylation sites (tertiary alicyclic amines) is 2. The van der Waals surface area contributed by atoms with Crippen LogP contribution < -0.4 is 16.4 Å². The second-order valence-electron chi connectivity index (χ2n) is 14.3. The van der Waals surface area contributed by atoms with E-state index in [1.807, 2.05) is 41.3 Å². The molecule has 4 aliphatic heterocycles. The van der Waals surface area contributed by atoms with Crippen molar-refractivity contribution in [2.75, 3.05) is 39.8 Å². The summed E-state index contributed by atoms with van der Waals surface area (Å²) >= 11 is 0. The lowest BCUT2D eigenvalue weighted by Gasteiger charge is -2.33. The number of fused-ring (bicyclic) bond motifs is 1. The number of nitrogens with one attached hydrogen (secondary N) is 2. The van der Waals surface area contributed by atoms with Gasteiger partial charge in [0.05, 0.1) is 6.04 Å². The first kappa shape index (κ1) is 35.3. The second kappa shape index (κ2) is 16.0. The number of benzene rings is 2. The maximum absolute atomic E-state index is 13.2. The number of hydrogen-bond donors (Lipinski definition) is 3. The summed E-state index contributed by atoms with van der Waals surface area (Å²) in [7, 11) is 2.13. The van der Waals surface area contributed by atoms with Crippen molar-refractivity contribution >= 4 is 29.5 Å². The normalized spacial score (nSPS) is 20.9. The topological polar surface area (TPSA) is 145 Å². The highest BCUT2D eigenvalue weighted by Crippen LogP contribution is 2.30. The standard InChI is InChI=1S/C39H48N6O5/c1-43-19-15-28(16-20-43)24-41-36(47)30-11-9-27(10-12-30)23-33(40)39(50)44-21-17-26(18-22-44)5-2-3-6-29-7-4-8-31-32(29)25-45(38(31)49)34-13-14-35(46)42-37(34)48/h4,7-12,26,28,33-34H,2,5,13-25,40H2,1H3,(H,41,47)(H,42,46,48)/t33-,34?/m0/s1. The molecular formula is C39H48N6O5. The van der Waals surface area contributed by atoms with Gasteiger partial charge in [0, 0.05) is 55.7 Å². The van der Waals surface area contributed by atoms with Gasteiger partial charge in [-0.05, 0) is 112 Å². The SMILES string of the molecule is CN1CCC(CNC(=O)c2ccc(C[C@H](N)C(=O)N3CCC(CCC#Cc4cccc5c4CN(C4CCC(=O)NC4=O)C5=O)CC3)cc2)CC1. The fourth-order valence-corrected chi connectivity index (χ4v) is 7.55. The zero-order valence-electron chi connectivity index (χ0n) is 28.9. The van der Waals surface area contributed by atoms with Crippen LogP contribution in [0.25, 0.3) is 0 Å². The summed E-state index contributed by atoms with van der Waals surface area (Å²) < 4.78 is 0. The van der Waals surface area contributed by atoms with Crippen LogP contribution in [0.2, 0.25) is 0 Å². The number of nitrogens with two attached hydrogens (primary N) is 1. The summed E-state index contributed by atoms with van der Waals surface area (Å²) in [5, 5.41) is 5.42. The van der Waals surface area contributed by atoms with Crippen molar-refractivity contribution in [1.82, 2.24) is 25.3 Å². The van der Waals surface area contributed by atoms with Gasteiger partial charge in [0.1, 0.15) is 6.04 Å². The van der Waals surface area contributed by atoms with E-state index in [-0.39, 0.29) is 30.0 Å². The van der Waals surface area contributed by atoms with Crippen LogP contribution >= 0.6 is 0 Å². The van der Waals surface area contributed by atoms with Gasteiger partial charge < -0.3 is 25.8 Å². The molecule has 6 rings (SSSR count). The molecule has 4 aliphatic rings. The summed E-state index contributed by atoms with van der Waals surface area (Å²) in [4.78, 5) is 68.6. The van der Waals surface area contributed by atoms with E-state index in [1.54, 1.807) is 11.0 Å². The van der Waals surface area contributed by atoms with Crippen LogP contribution in [0.4, 0.5) is 0 Å². The number of rotatable bonds is 9. The molecule has 1 unspecified atom stereocenters. The van der Waals surface area contributed by atoms with Crippen LogP contribution in [-0.2, 0) is 27.3 Å². The number of carbonyl (C=O) groups is 5. The smallest absolute Gasteiger partial charge is 0.255 e. The Hall–Kier alpha value is -4.53. The van der Waals surface area contributed by atoms with E-state index in [4.69, 9.17) is 5.73 Å². The van der Waals surface area contributed by atoms with E-state index in [9.17, 15) is 24.0 Å². The molecule has 0 aliphatic carbocycles. The van der Waals surface area contributed by atoms with E-state index in [1.165, 1.54) is 0 Å². The van der Waals surface area contributed by atoms with E-state index >= 15 is 0 Å². The van der Waals surface area contributed by atoms with Crippen molar-refractivity contribution in [3.05, 3.63) is 70.3 Å². The molecule has 3 fully saturated rings. The molecule has 0 radical (unpaired) electrons. The molecule has 3 saturated heterocycles. The van der Waals surface area contributed by atoms with Crippen LogP contribution in [0.5, 0.6) is 0 Å². The third-order valence-corrected chi connectivity index (χ3v) is 10.8. The van der Waals surface area contributed by atoms with Crippen LogP contribution in [0.15, 0.2) is 42.5 Å². The Morgan fingerprint density at radius 1 is 0.960 bits per heavy atom. The summed E-state index contributed by atoms with van der Waals surface area (Å²) in [6, 6.07) is 11.6. The highest BCUT2D eigenvalue weighted by molar-refractivity contribution is 6.05.